The van der Waals surface area contributed by atoms with Gasteiger partial charge < -0.3 is 19.9 Å². The van der Waals surface area contributed by atoms with Gasteiger partial charge in [0, 0.05) is 44.7 Å². The summed E-state index contributed by atoms with van der Waals surface area (Å²) >= 11 is 0. The molecule has 4 rings (SSSR count). The number of aryl methyl sites for hydroxylation is 1. The molecule has 3 heterocycles. The van der Waals surface area contributed by atoms with Gasteiger partial charge in [0.05, 0.1) is 19.3 Å². The minimum Gasteiger partial charge on any atom is -0.378 e. The van der Waals surface area contributed by atoms with Crippen LogP contribution in [0.5, 0.6) is 0 Å². The number of anilines is 1. The van der Waals surface area contributed by atoms with E-state index in [9.17, 15) is 9.59 Å². The van der Waals surface area contributed by atoms with Crippen LogP contribution in [0.25, 0.3) is 0 Å². The van der Waals surface area contributed by atoms with E-state index in [0.717, 1.165) is 25.9 Å². The van der Waals surface area contributed by atoms with E-state index >= 15 is 0 Å². The van der Waals surface area contributed by atoms with Crippen molar-refractivity contribution in [1.82, 2.24) is 10.2 Å². The lowest BCUT2D eigenvalue weighted by atomic mass is 9.89. The predicted molar refractivity (Wildman–Crippen MR) is 99.1 cm³/mol. The highest BCUT2D eigenvalue weighted by molar-refractivity contribution is 5.84. The van der Waals surface area contributed by atoms with Crippen molar-refractivity contribution in [3.05, 3.63) is 29.3 Å². The van der Waals surface area contributed by atoms with Gasteiger partial charge in [0.1, 0.15) is 0 Å². The van der Waals surface area contributed by atoms with Crippen LogP contribution in [0.1, 0.15) is 42.9 Å². The molecular weight excluding hydrogens is 330 g/mol. The zero-order valence-electron chi connectivity index (χ0n) is 15.2. The quantitative estimate of drug-likeness (QED) is 0.890. The number of nitrogens with one attached hydrogen (secondary N) is 1. The topological polar surface area (TPSA) is 61.9 Å². The molecule has 0 aliphatic carbocycles. The Labute approximate surface area is 154 Å². The van der Waals surface area contributed by atoms with Gasteiger partial charge in [-0.05, 0) is 30.4 Å². The first-order valence-corrected chi connectivity index (χ1v) is 9.74. The smallest absolute Gasteiger partial charge is 0.223 e. The molecule has 0 aromatic heterocycles. The normalized spacial score (nSPS) is 21.9. The summed E-state index contributed by atoms with van der Waals surface area (Å²) in [5.74, 6) is 0.0221. The summed E-state index contributed by atoms with van der Waals surface area (Å²) < 4.78 is 5.26. The maximum atomic E-state index is 12.4. The lowest BCUT2D eigenvalue weighted by molar-refractivity contribution is -0.137. The lowest BCUT2D eigenvalue weighted by Crippen LogP contribution is -2.42. The zero-order chi connectivity index (χ0) is 17.9. The molecule has 6 heteroatoms. The van der Waals surface area contributed by atoms with Crippen LogP contribution in [0, 0.1) is 0 Å². The summed E-state index contributed by atoms with van der Waals surface area (Å²) in [6.07, 6.45) is 3.79. The molecule has 1 N–H and O–H groups in total. The molecule has 3 aliphatic rings. The summed E-state index contributed by atoms with van der Waals surface area (Å²) in [5, 5.41) is 3.17. The minimum atomic E-state index is -0.0292. The Bertz CT molecular complexity index is 685. The van der Waals surface area contributed by atoms with Crippen molar-refractivity contribution in [2.75, 3.05) is 44.3 Å². The Morgan fingerprint density at radius 3 is 2.81 bits per heavy atom. The molecule has 2 amide bonds. The van der Waals surface area contributed by atoms with Gasteiger partial charge >= 0.3 is 0 Å². The fraction of sp³-hybridized carbons (Fsp3) is 0.600. The molecule has 1 aromatic carbocycles. The van der Waals surface area contributed by atoms with Gasteiger partial charge in [-0.25, -0.2) is 0 Å². The molecule has 140 valence electrons. The van der Waals surface area contributed by atoms with Crippen LogP contribution in [0.4, 0.5) is 5.69 Å². The summed E-state index contributed by atoms with van der Waals surface area (Å²) in [4.78, 5) is 28.9. The zero-order valence-corrected chi connectivity index (χ0v) is 15.2. The van der Waals surface area contributed by atoms with Gasteiger partial charge in [-0.15, -0.1) is 0 Å². The summed E-state index contributed by atoms with van der Waals surface area (Å²) in [5.41, 5.74) is 3.97. The number of nitrogens with zero attached hydrogens (tertiary/aromatic N) is 2. The Morgan fingerprint density at radius 1 is 1.12 bits per heavy atom. The number of amides is 2. The average Bonchev–Trinajstić information content (AvgIpc) is 2.69. The molecule has 0 saturated carbocycles. The number of ether oxygens (including phenoxy) is 1. The molecule has 26 heavy (non-hydrogen) atoms. The first-order chi connectivity index (χ1) is 12.7. The monoisotopic (exact) mass is 357 g/mol. The number of carbonyl (C=O) groups is 2. The van der Waals surface area contributed by atoms with Crippen LogP contribution in [-0.2, 0) is 20.7 Å². The molecule has 1 aromatic rings. The summed E-state index contributed by atoms with van der Waals surface area (Å²) in [6.45, 7) is 4.55. The molecule has 0 unspecified atom stereocenters. The van der Waals surface area contributed by atoms with E-state index < -0.39 is 0 Å². The van der Waals surface area contributed by atoms with E-state index in [1.54, 1.807) is 4.90 Å². The number of morpholine rings is 1. The van der Waals surface area contributed by atoms with Crippen molar-refractivity contribution in [3.8, 4) is 0 Å². The van der Waals surface area contributed by atoms with E-state index in [0.29, 0.717) is 26.3 Å². The highest BCUT2D eigenvalue weighted by Gasteiger charge is 2.30. The molecule has 1 saturated heterocycles. The van der Waals surface area contributed by atoms with E-state index in [1.165, 1.54) is 23.2 Å². The molecule has 0 bridgehead atoms. The number of rotatable bonds is 4. The molecule has 6 nitrogen and oxygen atoms in total. The van der Waals surface area contributed by atoms with E-state index in [1.807, 2.05) is 0 Å². The first kappa shape index (κ1) is 17.3. The second-order valence-electron chi connectivity index (χ2n) is 7.35. The van der Waals surface area contributed by atoms with Crippen molar-refractivity contribution in [2.24, 2.45) is 0 Å². The van der Waals surface area contributed by atoms with Crippen LogP contribution in [0.2, 0.25) is 0 Å². The number of benzene rings is 1. The van der Waals surface area contributed by atoms with Crippen molar-refractivity contribution in [1.29, 1.82) is 0 Å². The second kappa shape index (κ2) is 7.66. The summed E-state index contributed by atoms with van der Waals surface area (Å²) in [6, 6.07) is 6.51. The largest absolute Gasteiger partial charge is 0.378 e. The highest BCUT2D eigenvalue weighted by atomic mass is 16.5. The molecule has 1 atom stereocenters. The number of para-hydroxylation sites is 1. The third-order valence-corrected chi connectivity index (χ3v) is 5.67. The number of hydrogen-bond acceptors (Lipinski definition) is 4. The van der Waals surface area contributed by atoms with Crippen molar-refractivity contribution in [2.45, 2.75) is 38.1 Å². The SMILES string of the molecule is O=C(CCC(=O)N1CCOCC1)N[C@@H]1CCN2CCCc3cccc1c32. The standard InChI is InChI=1S/C20H27N3O3/c24-18(6-7-19(25)22-11-13-26-14-12-22)21-17-8-10-23-9-2-4-15-3-1-5-16(17)20(15)23/h1,3,5,17H,2,4,6-14H2,(H,21,24)/t17-/m1/s1. The van der Waals surface area contributed by atoms with Gasteiger partial charge in [0.2, 0.25) is 11.8 Å². The van der Waals surface area contributed by atoms with E-state index in [4.69, 9.17) is 4.74 Å². The Morgan fingerprint density at radius 2 is 1.96 bits per heavy atom. The van der Waals surface area contributed by atoms with Gasteiger partial charge in [0.15, 0.2) is 0 Å². The molecular formula is C20H27N3O3. The Hall–Kier alpha value is -2.08. The van der Waals surface area contributed by atoms with E-state index in [2.05, 4.69) is 28.4 Å². The maximum absolute atomic E-state index is 12.4. The molecule has 0 spiro atoms. The fourth-order valence-electron chi connectivity index (χ4n) is 4.32. The van der Waals surface area contributed by atoms with Crippen LogP contribution in [0.3, 0.4) is 0 Å². The molecule has 3 aliphatic heterocycles. The number of carbonyl (C=O) groups excluding carboxylic acids is 2. The van der Waals surface area contributed by atoms with Crippen molar-refractivity contribution < 1.29 is 14.3 Å². The lowest BCUT2D eigenvalue weighted by Gasteiger charge is -2.40. The predicted octanol–water partition coefficient (Wildman–Crippen LogP) is 1.64. The second-order valence-corrected chi connectivity index (χ2v) is 7.35. The fourth-order valence-corrected chi connectivity index (χ4v) is 4.32. The van der Waals surface area contributed by atoms with Gasteiger partial charge in [-0.1, -0.05) is 18.2 Å². The Balaban J connectivity index is 1.35. The van der Waals surface area contributed by atoms with Crippen LogP contribution in [0.15, 0.2) is 18.2 Å². The van der Waals surface area contributed by atoms with Crippen LogP contribution >= 0.6 is 0 Å². The van der Waals surface area contributed by atoms with Gasteiger partial charge in [0.25, 0.3) is 0 Å². The third-order valence-electron chi connectivity index (χ3n) is 5.67. The maximum Gasteiger partial charge on any atom is 0.223 e. The Kier molecular flexibility index (Phi) is 5.11. The van der Waals surface area contributed by atoms with Crippen LogP contribution in [-0.4, -0.2) is 56.1 Å². The van der Waals surface area contributed by atoms with E-state index in [-0.39, 0.29) is 30.7 Å². The first-order valence-electron chi connectivity index (χ1n) is 9.74. The van der Waals surface area contributed by atoms with Crippen LogP contribution < -0.4 is 10.2 Å². The minimum absolute atomic E-state index is 0.0292. The third kappa shape index (κ3) is 3.56. The molecule has 0 radical (unpaired) electrons. The molecule has 1 fully saturated rings. The summed E-state index contributed by atoms with van der Waals surface area (Å²) in [7, 11) is 0. The van der Waals surface area contributed by atoms with Crippen molar-refractivity contribution in [3.63, 3.8) is 0 Å². The van der Waals surface area contributed by atoms with Gasteiger partial charge in [-0.3, -0.25) is 9.59 Å². The number of hydrogen-bond donors (Lipinski definition) is 1. The highest BCUT2D eigenvalue weighted by Crippen LogP contribution is 2.39. The van der Waals surface area contributed by atoms with Crippen molar-refractivity contribution >= 4 is 17.5 Å². The average molecular weight is 357 g/mol. The van der Waals surface area contributed by atoms with Gasteiger partial charge in [-0.2, -0.15) is 0 Å².